The van der Waals surface area contributed by atoms with E-state index in [9.17, 15) is 9.90 Å². The summed E-state index contributed by atoms with van der Waals surface area (Å²) in [4.78, 5) is 12.2. The third-order valence-electron chi connectivity index (χ3n) is 9.44. The average Bonchev–Trinajstić information content (AvgIpc) is 3.09. The lowest BCUT2D eigenvalue weighted by atomic mass is 9.84. The van der Waals surface area contributed by atoms with Gasteiger partial charge < -0.3 is 23.7 Å². The van der Waals surface area contributed by atoms with Crippen LogP contribution in [0.15, 0.2) is 118 Å². The lowest BCUT2D eigenvalue weighted by molar-refractivity contribution is -0.106. The maximum absolute atomic E-state index is 12.2. The lowest BCUT2D eigenvalue weighted by Crippen LogP contribution is -2.29. The van der Waals surface area contributed by atoms with Crippen molar-refractivity contribution in [3.05, 3.63) is 147 Å². The first-order chi connectivity index (χ1) is 22.5. The van der Waals surface area contributed by atoms with Crippen LogP contribution < -0.4 is 10.2 Å². The van der Waals surface area contributed by atoms with Gasteiger partial charge in [-0.1, -0.05) is 61.5 Å². The monoisotopic (exact) mass is 610 g/mol. The van der Waals surface area contributed by atoms with E-state index in [0.717, 1.165) is 63.8 Å². The summed E-state index contributed by atoms with van der Waals surface area (Å²) in [5.74, 6) is 2.04. The zero-order valence-corrected chi connectivity index (χ0v) is 25.5. The first-order valence-corrected chi connectivity index (χ1v) is 15.9. The van der Waals surface area contributed by atoms with E-state index in [1.807, 2.05) is 36.4 Å². The minimum Gasteiger partial charge on any atom is -0.496 e. The second-order valence-corrected chi connectivity index (χ2v) is 12.5. The van der Waals surface area contributed by atoms with Gasteiger partial charge in [-0.25, -0.2) is 0 Å². The second-order valence-electron chi connectivity index (χ2n) is 12.5. The largest absolute Gasteiger partial charge is 0.496 e. The molecule has 0 fully saturated rings. The topological polar surface area (TPSA) is 78.1 Å². The van der Waals surface area contributed by atoms with Gasteiger partial charge in [0.1, 0.15) is 23.2 Å². The van der Waals surface area contributed by atoms with Crippen molar-refractivity contribution < 1.29 is 23.7 Å². The van der Waals surface area contributed by atoms with Gasteiger partial charge in [-0.15, -0.1) is 0 Å². The van der Waals surface area contributed by atoms with E-state index >= 15 is 0 Å². The van der Waals surface area contributed by atoms with Crippen LogP contribution in [0, 0.1) is 5.92 Å². The molecule has 3 heterocycles. The molecule has 4 unspecified atom stereocenters. The van der Waals surface area contributed by atoms with Crippen molar-refractivity contribution in [3.63, 3.8) is 0 Å². The van der Waals surface area contributed by atoms with E-state index in [2.05, 4.69) is 61.5 Å². The van der Waals surface area contributed by atoms with Gasteiger partial charge in [0.05, 0.1) is 24.5 Å². The second kappa shape index (κ2) is 11.8. The molecule has 0 saturated carbocycles. The molecule has 46 heavy (non-hydrogen) atoms. The van der Waals surface area contributed by atoms with Gasteiger partial charge in [0, 0.05) is 17.5 Å². The average molecular weight is 611 g/mol. The van der Waals surface area contributed by atoms with Gasteiger partial charge in [0.25, 0.3) is 0 Å². The highest BCUT2D eigenvalue weighted by Gasteiger charge is 2.27. The number of benzene rings is 4. The molecule has 0 radical (unpaired) electrons. The zero-order valence-electron chi connectivity index (χ0n) is 25.5. The number of rotatable bonds is 6. The number of aliphatic hydroxyl groups excluding tert-OH is 1. The Labute approximate surface area is 266 Å². The molecule has 0 saturated heterocycles. The minimum absolute atomic E-state index is 0.0469. The van der Waals surface area contributed by atoms with Crippen LogP contribution in [0.25, 0.3) is 33.6 Å². The van der Waals surface area contributed by atoms with E-state index < -0.39 is 6.29 Å². The molecule has 8 rings (SSSR count). The van der Waals surface area contributed by atoms with Gasteiger partial charge >= 0.3 is 0 Å². The predicted octanol–water partition coefficient (Wildman–Crippen LogP) is 7.92. The number of allylic oxidation sites excluding steroid dienone is 2. The third-order valence-corrected chi connectivity index (χ3v) is 9.44. The molecule has 0 bridgehead atoms. The van der Waals surface area contributed by atoms with Crippen LogP contribution in [0.3, 0.4) is 0 Å². The van der Waals surface area contributed by atoms with Gasteiger partial charge in [0.2, 0.25) is 0 Å². The highest BCUT2D eigenvalue weighted by atomic mass is 16.6. The quantitative estimate of drug-likeness (QED) is 0.156. The summed E-state index contributed by atoms with van der Waals surface area (Å²) < 4.78 is 23.8. The van der Waals surface area contributed by atoms with Crippen LogP contribution >= 0.6 is 0 Å². The van der Waals surface area contributed by atoms with Crippen LogP contribution in [0.2, 0.25) is 0 Å². The summed E-state index contributed by atoms with van der Waals surface area (Å²) in [5.41, 5.74) is 7.19. The van der Waals surface area contributed by atoms with Crippen LogP contribution in [0.4, 0.5) is 0 Å². The summed E-state index contributed by atoms with van der Waals surface area (Å²) in [5, 5.41) is 13.5. The van der Waals surface area contributed by atoms with Crippen molar-refractivity contribution >= 4 is 33.6 Å². The molecule has 4 aromatic carbocycles. The molecule has 4 atom stereocenters. The summed E-state index contributed by atoms with van der Waals surface area (Å²) in [6, 6.07) is 26.1. The van der Waals surface area contributed by atoms with Crippen molar-refractivity contribution in [1.82, 2.24) is 0 Å². The molecule has 6 nitrogen and oxygen atoms in total. The summed E-state index contributed by atoms with van der Waals surface area (Å²) in [6.07, 6.45) is 10.8. The Morgan fingerprint density at radius 3 is 2.83 bits per heavy atom. The molecule has 3 aliphatic rings. The normalized spacial score (nSPS) is 21.0. The van der Waals surface area contributed by atoms with E-state index in [1.165, 1.54) is 23.5 Å². The van der Waals surface area contributed by atoms with Crippen LogP contribution in [-0.2, 0) is 22.3 Å². The Morgan fingerprint density at radius 2 is 1.89 bits per heavy atom. The molecule has 1 aliphatic carbocycles. The Bertz CT molecular complexity index is 2120. The summed E-state index contributed by atoms with van der Waals surface area (Å²) in [7, 11) is 0. The molecule has 230 valence electrons. The van der Waals surface area contributed by atoms with Crippen molar-refractivity contribution in [2.24, 2.45) is 5.92 Å². The molecule has 6 heteroatoms. The summed E-state index contributed by atoms with van der Waals surface area (Å²) in [6.45, 7) is 2.44. The fourth-order valence-electron chi connectivity index (χ4n) is 6.87. The Balaban J connectivity index is 0.933. The highest BCUT2D eigenvalue weighted by molar-refractivity contribution is 5.96. The molecular formula is C40H34O6. The number of fused-ring (bicyclic) bond motifs is 4. The number of ether oxygens (including phenoxy) is 3. The van der Waals surface area contributed by atoms with Crippen LogP contribution in [0.5, 0.6) is 5.75 Å². The number of hydrogen-bond donors (Lipinski definition) is 1. The smallest absolute Gasteiger partial charge is 0.192 e. The van der Waals surface area contributed by atoms with Gasteiger partial charge in [-0.3, -0.25) is 4.79 Å². The zero-order chi connectivity index (χ0) is 31.2. The maximum atomic E-state index is 12.2. The number of aliphatic hydroxyl groups is 1. The first kappa shape index (κ1) is 28.6. The summed E-state index contributed by atoms with van der Waals surface area (Å²) >= 11 is 0. The molecule has 5 aromatic rings. The molecular weight excluding hydrogens is 576 g/mol. The first-order valence-electron chi connectivity index (χ1n) is 15.9. The fourth-order valence-corrected chi connectivity index (χ4v) is 6.87. The van der Waals surface area contributed by atoms with E-state index in [0.29, 0.717) is 17.6 Å². The van der Waals surface area contributed by atoms with Gasteiger partial charge in [-0.2, -0.15) is 0 Å². The maximum Gasteiger partial charge on any atom is 0.192 e. The third kappa shape index (κ3) is 5.44. The van der Waals surface area contributed by atoms with E-state index in [-0.39, 0.29) is 23.4 Å². The van der Waals surface area contributed by atoms with Gasteiger partial charge in [-0.05, 0) is 100 Å². The molecule has 1 N–H and O–H groups in total. The lowest BCUT2D eigenvalue weighted by Gasteiger charge is -2.30. The van der Waals surface area contributed by atoms with E-state index in [4.69, 9.17) is 18.6 Å². The van der Waals surface area contributed by atoms with E-state index in [1.54, 1.807) is 6.26 Å². The fraction of sp³-hybridized carbons (Fsp3) is 0.225. The molecule has 1 aromatic heterocycles. The Kier molecular flexibility index (Phi) is 7.32. The van der Waals surface area contributed by atoms with Crippen LogP contribution in [-0.4, -0.2) is 24.1 Å². The predicted molar refractivity (Wildman–Crippen MR) is 179 cm³/mol. The van der Waals surface area contributed by atoms with Crippen molar-refractivity contribution in [3.8, 4) is 5.75 Å². The SMILES string of the molecule is CC1Cc2ccccc2C=C1C(O)OCC1CC(c2ccc3c(c2)CC=C(c2ccc4cc5c(=O)ccoc5cc4c2)O3)C=CO1. The molecule has 2 aliphatic heterocycles. The molecule has 0 amide bonds. The Morgan fingerprint density at radius 1 is 0.978 bits per heavy atom. The van der Waals surface area contributed by atoms with Crippen LogP contribution in [0.1, 0.15) is 47.1 Å². The highest BCUT2D eigenvalue weighted by Crippen LogP contribution is 2.37. The Hall–Kier alpha value is -4.91. The van der Waals surface area contributed by atoms with Crippen molar-refractivity contribution in [2.45, 2.75) is 44.5 Å². The molecule has 0 spiro atoms. The minimum atomic E-state index is -0.958. The van der Waals surface area contributed by atoms with Gasteiger partial charge in [0.15, 0.2) is 11.7 Å². The van der Waals surface area contributed by atoms with Crippen molar-refractivity contribution in [1.29, 1.82) is 0 Å². The number of hydrogen-bond acceptors (Lipinski definition) is 6. The van der Waals surface area contributed by atoms with Crippen molar-refractivity contribution in [2.75, 3.05) is 6.61 Å². The standard InChI is InChI=1S/C40H34O6/c1-24-16-25-4-2-3-5-26(25)20-34(24)40(42)45-23-33-19-29(12-14-43-33)27-8-10-37-31(17-27)9-11-38(46-37)30-7-6-28-21-35-36(41)13-15-44-39(35)22-32(28)18-30/h2-8,10-15,17-18,20-22,24,29,33,40,42H,9,16,19,23H2,1H3.